The SMILES string of the molecule is CC.Cc1ccc(Sc2ccc([N+](=O)[O-])cc2)cc1. The highest BCUT2D eigenvalue weighted by molar-refractivity contribution is 7.99. The number of nitro benzene ring substituents is 1. The number of hydrogen-bond donors (Lipinski definition) is 0. The molecule has 0 atom stereocenters. The molecule has 2 aromatic rings. The second kappa shape index (κ2) is 7.59. The summed E-state index contributed by atoms with van der Waals surface area (Å²) in [6.07, 6.45) is 0. The molecule has 0 heterocycles. The van der Waals surface area contributed by atoms with Crippen LogP contribution in [0.5, 0.6) is 0 Å². The van der Waals surface area contributed by atoms with Crippen molar-refractivity contribution in [2.45, 2.75) is 30.6 Å². The molecule has 0 spiro atoms. The molecule has 2 aromatic carbocycles. The van der Waals surface area contributed by atoms with Gasteiger partial charge in [-0.3, -0.25) is 10.1 Å². The maximum absolute atomic E-state index is 10.5. The Labute approximate surface area is 117 Å². The van der Waals surface area contributed by atoms with E-state index in [9.17, 15) is 10.1 Å². The zero-order chi connectivity index (χ0) is 14.3. The van der Waals surface area contributed by atoms with Crippen molar-refractivity contribution < 1.29 is 4.92 Å². The lowest BCUT2D eigenvalue weighted by Crippen LogP contribution is -1.86. The molecule has 0 fully saturated rings. The van der Waals surface area contributed by atoms with Crippen LogP contribution in [-0.4, -0.2) is 4.92 Å². The van der Waals surface area contributed by atoms with Gasteiger partial charge in [-0.25, -0.2) is 0 Å². The molecule has 0 aliphatic heterocycles. The molecule has 0 amide bonds. The van der Waals surface area contributed by atoms with Gasteiger partial charge in [0.2, 0.25) is 0 Å². The third-order valence-corrected chi connectivity index (χ3v) is 3.32. The van der Waals surface area contributed by atoms with E-state index >= 15 is 0 Å². The van der Waals surface area contributed by atoms with Crippen molar-refractivity contribution in [1.29, 1.82) is 0 Å². The normalized spacial score (nSPS) is 9.42. The number of rotatable bonds is 3. The van der Waals surface area contributed by atoms with Gasteiger partial charge in [0.15, 0.2) is 0 Å². The fourth-order valence-electron chi connectivity index (χ4n) is 1.38. The lowest BCUT2D eigenvalue weighted by atomic mass is 10.2. The summed E-state index contributed by atoms with van der Waals surface area (Å²) in [5, 5.41) is 10.5. The summed E-state index contributed by atoms with van der Waals surface area (Å²) in [7, 11) is 0. The third-order valence-electron chi connectivity index (χ3n) is 2.30. The molecular weight excluding hydrogens is 258 g/mol. The Morgan fingerprint density at radius 3 is 1.74 bits per heavy atom. The summed E-state index contributed by atoms with van der Waals surface area (Å²) in [5.74, 6) is 0. The Bertz CT molecular complexity index is 521. The van der Waals surface area contributed by atoms with Crippen LogP contribution >= 0.6 is 11.8 Å². The predicted octanol–water partition coefficient (Wildman–Crippen LogP) is 5.08. The van der Waals surface area contributed by atoms with Gasteiger partial charge in [0.1, 0.15) is 0 Å². The van der Waals surface area contributed by atoms with Crippen LogP contribution in [0.1, 0.15) is 19.4 Å². The zero-order valence-electron chi connectivity index (χ0n) is 11.3. The van der Waals surface area contributed by atoms with Gasteiger partial charge in [-0.1, -0.05) is 43.3 Å². The molecule has 0 bridgehead atoms. The number of nitrogens with zero attached hydrogens (tertiary/aromatic N) is 1. The van der Waals surface area contributed by atoms with Crippen LogP contribution in [0.2, 0.25) is 0 Å². The second-order valence-corrected chi connectivity index (χ2v) is 4.81. The molecule has 0 unspecified atom stereocenters. The van der Waals surface area contributed by atoms with Gasteiger partial charge in [-0.15, -0.1) is 0 Å². The number of non-ortho nitro benzene ring substituents is 1. The first-order valence-corrected chi connectivity index (χ1v) is 6.96. The largest absolute Gasteiger partial charge is 0.269 e. The minimum Gasteiger partial charge on any atom is -0.258 e. The molecule has 0 saturated heterocycles. The van der Waals surface area contributed by atoms with Crippen LogP contribution < -0.4 is 0 Å². The van der Waals surface area contributed by atoms with Crippen LogP contribution in [0.3, 0.4) is 0 Å². The molecule has 19 heavy (non-hydrogen) atoms. The highest BCUT2D eigenvalue weighted by Crippen LogP contribution is 2.28. The monoisotopic (exact) mass is 275 g/mol. The van der Waals surface area contributed by atoms with Crippen LogP contribution in [0.15, 0.2) is 58.3 Å². The Hall–Kier alpha value is -1.81. The zero-order valence-corrected chi connectivity index (χ0v) is 12.1. The topological polar surface area (TPSA) is 43.1 Å². The third kappa shape index (κ3) is 4.75. The molecule has 0 aromatic heterocycles. The van der Waals surface area contributed by atoms with E-state index in [0.29, 0.717) is 0 Å². The maximum atomic E-state index is 10.5. The maximum Gasteiger partial charge on any atom is 0.269 e. The van der Waals surface area contributed by atoms with Gasteiger partial charge in [0.25, 0.3) is 5.69 Å². The Morgan fingerprint density at radius 1 is 0.895 bits per heavy atom. The smallest absolute Gasteiger partial charge is 0.258 e. The van der Waals surface area contributed by atoms with Crippen LogP contribution in [0, 0.1) is 17.0 Å². The molecule has 0 N–H and O–H groups in total. The highest BCUT2D eigenvalue weighted by Gasteiger charge is 2.04. The minimum absolute atomic E-state index is 0.123. The fraction of sp³-hybridized carbons (Fsp3) is 0.200. The first kappa shape index (κ1) is 15.2. The quantitative estimate of drug-likeness (QED) is 0.579. The molecule has 0 radical (unpaired) electrons. The van der Waals surface area contributed by atoms with Crippen molar-refractivity contribution in [2.24, 2.45) is 0 Å². The van der Waals surface area contributed by atoms with Crippen LogP contribution in [-0.2, 0) is 0 Å². The average Bonchev–Trinajstić information content (AvgIpc) is 2.44. The van der Waals surface area contributed by atoms with Gasteiger partial charge < -0.3 is 0 Å². The van der Waals surface area contributed by atoms with Gasteiger partial charge in [0, 0.05) is 21.9 Å². The molecule has 4 heteroatoms. The van der Waals surface area contributed by atoms with E-state index in [-0.39, 0.29) is 10.6 Å². The van der Waals surface area contributed by atoms with E-state index in [0.717, 1.165) is 9.79 Å². The number of aryl methyl sites for hydroxylation is 1. The van der Waals surface area contributed by atoms with Crippen molar-refractivity contribution in [2.75, 3.05) is 0 Å². The second-order valence-electron chi connectivity index (χ2n) is 3.67. The standard InChI is InChI=1S/C13H11NO2S.C2H6/c1-10-2-6-12(7-3-10)17-13-8-4-11(5-9-13)14(15)16;1-2/h2-9H,1H3;1-2H3. The van der Waals surface area contributed by atoms with E-state index in [2.05, 4.69) is 0 Å². The van der Waals surface area contributed by atoms with Crippen molar-refractivity contribution in [1.82, 2.24) is 0 Å². The summed E-state index contributed by atoms with van der Waals surface area (Å²) in [4.78, 5) is 12.2. The van der Waals surface area contributed by atoms with E-state index < -0.39 is 0 Å². The van der Waals surface area contributed by atoms with E-state index in [1.54, 1.807) is 23.9 Å². The van der Waals surface area contributed by atoms with E-state index in [4.69, 9.17) is 0 Å². The minimum atomic E-state index is -0.389. The predicted molar refractivity (Wildman–Crippen MR) is 79.7 cm³/mol. The fourth-order valence-corrected chi connectivity index (χ4v) is 2.19. The molecule has 2 rings (SSSR count). The first-order valence-electron chi connectivity index (χ1n) is 6.14. The molecule has 0 aliphatic carbocycles. The number of nitro groups is 1. The molecular formula is C15H17NO2S. The average molecular weight is 275 g/mol. The van der Waals surface area contributed by atoms with Gasteiger partial charge in [-0.05, 0) is 31.2 Å². The molecule has 3 nitrogen and oxygen atoms in total. The summed E-state index contributed by atoms with van der Waals surface area (Å²) in [6.45, 7) is 6.04. The Morgan fingerprint density at radius 2 is 1.32 bits per heavy atom. The number of hydrogen-bond acceptors (Lipinski definition) is 3. The summed E-state index contributed by atoms with van der Waals surface area (Å²) in [6, 6.07) is 14.8. The van der Waals surface area contributed by atoms with Crippen LogP contribution in [0.25, 0.3) is 0 Å². The lowest BCUT2D eigenvalue weighted by molar-refractivity contribution is -0.384. The first-order chi connectivity index (χ1) is 9.15. The Balaban J connectivity index is 0.000000861. The summed E-state index contributed by atoms with van der Waals surface area (Å²) >= 11 is 1.59. The van der Waals surface area contributed by atoms with Crippen LogP contribution in [0.4, 0.5) is 5.69 Å². The van der Waals surface area contributed by atoms with Gasteiger partial charge >= 0.3 is 0 Å². The summed E-state index contributed by atoms with van der Waals surface area (Å²) in [5.41, 5.74) is 1.34. The van der Waals surface area contributed by atoms with E-state index in [1.165, 1.54) is 17.7 Å². The van der Waals surface area contributed by atoms with E-state index in [1.807, 2.05) is 45.0 Å². The van der Waals surface area contributed by atoms with Crippen molar-refractivity contribution in [3.05, 3.63) is 64.2 Å². The van der Waals surface area contributed by atoms with Crippen molar-refractivity contribution >= 4 is 17.4 Å². The van der Waals surface area contributed by atoms with Crippen molar-refractivity contribution in [3.63, 3.8) is 0 Å². The van der Waals surface area contributed by atoms with Gasteiger partial charge in [0.05, 0.1) is 4.92 Å². The highest BCUT2D eigenvalue weighted by atomic mass is 32.2. The lowest BCUT2D eigenvalue weighted by Gasteiger charge is -2.01. The molecule has 0 aliphatic rings. The number of benzene rings is 2. The molecule has 100 valence electrons. The van der Waals surface area contributed by atoms with Crippen molar-refractivity contribution in [3.8, 4) is 0 Å². The summed E-state index contributed by atoms with van der Waals surface area (Å²) < 4.78 is 0. The molecule has 0 saturated carbocycles. The Kier molecular flexibility index (Phi) is 6.09. The van der Waals surface area contributed by atoms with Gasteiger partial charge in [-0.2, -0.15) is 0 Å².